The van der Waals surface area contributed by atoms with Gasteiger partial charge in [-0.15, -0.1) is 0 Å². The molecule has 0 spiro atoms. The van der Waals surface area contributed by atoms with Crippen LogP contribution in [-0.4, -0.2) is 28.7 Å². The van der Waals surface area contributed by atoms with Crippen molar-refractivity contribution >= 4 is 11.4 Å². The fraction of sp³-hybridized carbons (Fsp3) is 0.538. The number of hydrogen-bond donors (Lipinski definition) is 1. The number of anilines is 1. The first-order valence-corrected chi connectivity index (χ1v) is 5.97. The molecule has 0 aliphatic carbocycles. The van der Waals surface area contributed by atoms with Crippen molar-refractivity contribution in [2.24, 2.45) is 0 Å². The minimum atomic E-state index is -0.800. The van der Waals surface area contributed by atoms with Gasteiger partial charge in [-0.3, -0.25) is 10.1 Å². The van der Waals surface area contributed by atoms with Crippen molar-refractivity contribution < 1.29 is 10.0 Å². The number of aliphatic hydroxyl groups is 1. The summed E-state index contributed by atoms with van der Waals surface area (Å²) in [6.07, 6.45) is 0. The third kappa shape index (κ3) is 3.70. The van der Waals surface area contributed by atoms with Gasteiger partial charge in [-0.1, -0.05) is 0 Å². The van der Waals surface area contributed by atoms with E-state index in [9.17, 15) is 15.2 Å². The summed E-state index contributed by atoms with van der Waals surface area (Å²) in [5, 5.41) is 20.6. The number of rotatable bonds is 5. The molecule has 0 bridgehead atoms. The van der Waals surface area contributed by atoms with Crippen molar-refractivity contribution in [3.63, 3.8) is 0 Å². The number of likely N-dealkylation sites (N-methyl/N-ethyl adjacent to an activating group) is 1. The molecule has 1 aromatic carbocycles. The first-order valence-electron chi connectivity index (χ1n) is 5.97. The second-order valence-corrected chi connectivity index (χ2v) is 5.05. The predicted molar refractivity (Wildman–Crippen MR) is 72.0 cm³/mol. The highest BCUT2D eigenvalue weighted by Crippen LogP contribution is 2.25. The Morgan fingerprint density at radius 3 is 2.44 bits per heavy atom. The minimum Gasteiger partial charge on any atom is -0.389 e. The van der Waals surface area contributed by atoms with Gasteiger partial charge < -0.3 is 10.0 Å². The van der Waals surface area contributed by atoms with Crippen LogP contribution >= 0.6 is 0 Å². The molecule has 1 N–H and O–H groups in total. The van der Waals surface area contributed by atoms with E-state index in [2.05, 4.69) is 0 Å². The van der Waals surface area contributed by atoms with Crippen LogP contribution in [0, 0.1) is 17.0 Å². The van der Waals surface area contributed by atoms with Gasteiger partial charge in [-0.05, 0) is 39.8 Å². The molecule has 0 saturated carbocycles. The summed E-state index contributed by atoms with van der Waals surface area (Å²) in [4.78, 5) is 12.4. The Hall–Kier alpha value is -1.62. The van der Waals surface area contributed by atoms with Crippen LogP contribution in [0.4, 0.5) is 11.4 Å². The van der Waals surface area contributed by atoms with Crippen molar-refractivity contribution in [1.29, 1.82) is 0 Å². The van der Waals surface area contributed by atoms with Crippen LogP contribution in [0.1, 0.15) is 26.3 Å². The van der Waals surface area contributed by atoms with E-state index in [1.807, 2.05) is 11.8 Å². The Bertz CT molecular complexity index is 438. The Kier molecular flexibility index (Phi) is 4.29. The SMILES string of the molecule is CCN(CC(C)(C)O)c1ccc([N+](=O)[O-])c(C)c1. The molecule has 18 heavy (non-hydrogen) atoms. The summed E-state index contributed by atoms with van der Waals surface area (Å²) in [5.74, 6) is 0. The third-order valence-electron chi connectivity index (χ3n) is 2.70. The summed E-state index contributed by atoms with van der Waals surface area (Å²) in [6.45, 7) is 8.42. The van der Waals surface area contributed by atoms with Gasteiger partial charge in [0.1, 0.15) is 0 Å². The van der Waals surface area contributed by atoms with Crippen molar-refractivity contribution in [1.82, 2.24) is 0 Å². The summed E-state index contributed by atoms with van der Waals surface area (Å²) < 4.78 is 0. The minimum absolute atomic E-state index is 0.123. The zero-order chi connectivity index (χ0) is 13.9. The Morgan fingerprint density at radius 2 is 2.06 bits per heavy atom. The summed E-state index contributed by atoms with van der Waals surface area (Å²) in [7, 11) is 0. The van der Waals surface area contributed by atoms with E-state index >= 15 is 0 Å². The van der Waals surface area contributed by atoms with E-state index < -0.39 is 5.60 Å². The monoisotopic (exact) mass is 252 g/mol. The highest BCUT2D eigenvalue weighted by molar-refractivity contribution is 5.55. The fourth-order valence-corrected chi connectivity index (χ4v) is 1.89. The van der Waals surface area contributed by atoms with Gasteiger partial charge in [0.05, 0.1) is 10.5 Å². The Morgan fingerprint density at radius 1 is 1.44 bits per heavy atom. The van der Waals surface area contributed by atoms with Crippen LogP contribution in [0.3, 0.4) is 0 Å². The van der Waals surface area contributed by atoms with Gasteiger partial charge >= 0.3 is 0 Å². The molecule has 0 aliphatic heterocycles. The second kappa shape index (κ2) is 5.35. The second-order valence-electron chi connectivity index (χ2n) is 5.05. The molecule has 0 aromatic heterocycles. The normalized spacial score (nSPS) is 11.4. The topological polar surface area (TPSA) is 66.6 Å². The Balaban J connectivity index is 3.01. The van der Waals surface area contributed by atoms with E-state index in [-0.39, 0.29) is 10.6 Å². The van der Waals surface area contributed by atoms with E-state index in [4.69, 9.17) is 0 Å². The van der Waals surface area contributed by atoms with Crippen molar-refractivity contribution in [3.05, 3.63) is 33.9 Å². The van der Waals surface area contributed by atoms with Gasteiger partial charge in [-0.25, -0.2) is 0 Å². The lowest BCUT2D eigenvalue weighted by atomic mass is 10.1. The maximum atomic E-state index is 10.8. The molecule has 0 atom stereocenters. The van der Waals surface area contributed by atoms with Gasteiger partial charge in [0.15, 0.2) is 0 Å². The largest absolute Gasteiger partial charge is 0.389 e. The number of nitro benzene ring substituents is 1. The average Bonchev–Trinajstić information content (AvgIpc) is 2.24. The molecule has 1 rings (SSSR count). The van der Waals surface area contributed by atoms with Crippen LogP contribution in [-0.2, 0) is 0 Å². The van der Waals surface area contributed by atoms with E-state index in [1.165, 1.54) is 6.07 Å². The molecule has 5 heteroatoms. The highest BCUT2D eigenvalue weighted by Gasteiger charge is 2.19. The molecule has 0 fully saturated rings. The first kappa shape index (κ1) is 14.4. The van der Waals surface area contributed by atoms with E-state index in [0.717, 1.165) is 12.2 Å². The smallest absolute Gasteiger partial charge is 0.272 e. The van der Waals surface area contributed by atoms with Crippen LogP contribution in [0.2, 0.25) is 0 Å². The zero-order valence-corrected chi connectivity index (χ0v) is 11.3. The number of nitrogens with zero attached hydrogens (tertiary/aromatic N) is 2. The van der Waals surface area contributed by atoms with Crippen LogP contribution < -0.4 is 4.90 Å². The molecule has 0 heterocycles. The summed E-state index contributed by atoms with van der Waals surface area (Å²) in [6, 6.07) is 5.02. The lowest BCUT2D eigenvalue weighted by molar-refractivity contribution is -0.385. The van der Waals surface area contributed by atoms with Gasteiger partial charge in [0.2, 0.25) is 0 Å². The number of benzene rings is 1. The Labute approximate surface area is 107 Å². The summed E-state index contributed by atoms with van der Waals surface area (Å²) in [5.41, 5.74) is 0.846. The van der Waals surface area contributed by atoms with Crippen LogP contribution in [0.25, 0.3) is 0 Å². The molecule has 100 valence electrons. The van der Waals surface area contributed by atoms with Gasteiger partial charge in [-0.2, -0.15) is 0 Å². The van der Waals surface area contributed by atoms with Crippen molar-refractivity contribution in [3.8, 4) is 0 Å². The molecule has 0 saturated heterocycles. The lowest BCUT2D eigenvalue weighted by Crippen LogP contribution is -2.38. The molecule has 1 aromatic rings. The highest BCUT2D eigenvalue weighted by atomic mass is 16.6. The summed E-state index contributed by atoms with van der Waals surface area (Å²) >= 11 is 0. The molecule has 0 aliphatic rings. The van der Waals surface area contributed by atoms with Crippen LogP contribution in [0.5, 0.6) is 0 Å². The number of nitro groups is 1. The fourth-order valence-electron chi connectivity index (χ4n) is 1.89. The molecular formula is C13H20N2O3. The van der Waals surface area contributed by atoms with Gasteiger partial charge in [0.25, 0.3) is 5.69 Å². The van der Waals surface area contributed by atoms with Gasteiger partial charge in [0, 0.05) is 30.4 Å². The third-order valence-corrected chi connectivity index (χ3v) is 2.70. The zero-order valence-electron chi connectivity index (χ0n) is 11.3. The van der Waals surface area contributed by atoms with Crippen LogP contribution in [0.15, 0.2) is 18.2 Å². The lowest BCUT2D eigenvalue weighted by Gasteiger charge is -2.30. The van der Waals surface area contributed by atoms with E-state index in [0.29, 0.717) is 12.1 Å². The standard InChI is InChI=1S/C13H20N2O3/c1-5-14(9-13(3,4)16)11-6-7-12(15(17)18)10(2)8-11/h6-8,16H,5,9H2,1-4H3. The van der Waals surface area contributed by atoms with Crippen molar-refractivity contribution in [2.45, 2.75) is 33.3 Å². The predicted octanol–water partition coefficient (Wildman–Crippen LogP) is 2.50. The first-order chi connectivity index (χ1) is 8.24. The maximum absolute atomic E-state index is 10.8. The molecule has 0 amide bonds. The molecule has 5 nitrogen and oxygen atoms in total. The van der Waals surface area contributed by atoms with Crippen molar-refractivity contribution in [2.75, 3.05) is 18.0 Å². The average molecular weight is 252 g/mol. The number of hydrogen-bond acceptors (Lipinski definition) is 4. The maximum Gasteiger partial charge on any atom is 0.272 e. The molecular weight excluding hydrogens is 232 g/mol. The van der Waals surface area contributed by atoms with E-state index in [1.54, 1.807) is 32.9 Å². The molecule has 0 radical (unpaired) electrons. The quantitative estimate of drug-likeness (QED) is 0.646. The molecule has 0 unspecified atom stereocenters. The number of aryl methyl sites for hydroxylation is 1.